The standard InChI is InChI=1S/C10H8N2O4S2/c13-7-3-1-2-6(4-7)9(14)12-10-11-5-8(17-10)18(15)16/h1-5,13,18H,(H,11,12,14). The Kier molecular flexibility index (Phi) is 3.58. The number of carbonyl (C=O) groups excluding carboxylic acids is 1. The van der Waals surface area contributed by atoms with E-state index in [2.05, 4.69) is 10.3 Å². The molecule has 8 heteroatoms. The molecule has 0 aliphatic rings. The monoisotopic (exact) mass is 284 g/mol. The predicted octanol–water partition coefficient (Wildman–Crippen LogP) is 1.07. The summed E-state index contributed by atoms with van der Waals surface area (Å²) in [6, 6.07) is 5.81. The molecule has 0 bridgehead atoms. The van der Waals surface area contributed by atoms with E-state index in [0.29, 0.717) is 0 Å². The number of aromatic nitrogens is 1. The van der Waals surface area contributed by atoms with Crippen molar-refractivity contribution >= 4 is 33.1 Å². The molecule has 1 amide bonds. The van der Waals surface area contributed by atoms with Gasteiger partial charge < -0.3 is 5.11 Å². The molecule has 0 fully saturated rings. The third kappa shape index (κ3) is 2.84. The van der Waals surface area contributed by atoms with Gasteiger partial charge in [0, 0.05) is 5.56 Å². The summed E-state index contributed by atoms with van der Waals surface area (Å²) in [5.74, 6) is -0.488. The van der Waals surface area contributed by atoms with Crippen LogP contribution in [0.2, 0.25) is 0 Å². The summed E-state index contributed by atoms with van der Waals surface area (Å²) in [5, 5.41) is 11.9. The number of hydrogen-bond donors (Lipinski definition) is 3. The average Bonchev–Trinajstić information content (AvgIpc) is 2.77. The van der Waals surface area contributed by atoms with Gasteiger partial charge in [-0.2, -0.15) is 0 Å². The molecule has 0 saturated carbocycles. The minimum atomic E-state index is -2.69. The maximum absolute atomic E-state index is 11.7. The number of aromatic hydroxyl groups is 1. The first-order chi connectivity index (χ1) is 8.56. The van der Waals surface area contributed by atoms with Crippen molar-refractivity contribution in [2.75, 3.05) is 5.32 Å². The first-order valence-electron chi connectivity index (χ1n) is 4.77. The number of thiazole rings is 1. The number of benzene rings is 1. The topological polar surface area (TPSA) is 96.4 Å². The van der Waals surface area contributed by atoms with Crippen molar-refractivity contribution in [2.45, 2.75) is 4.21 Å². The van der Waals surface area contributed by atoms with Crippen molar-refractivity contribution in [1.82, 2.24) is 4.98 Å². The van der Waals surface area contributed by atoms with E-state index in [9.17, 15) is 18.3 Å². The van der Waals surface area contributed by atoms with Crippen LogP contribution in [0.15, 0.2) is 34.7 Å². The fraction of sp³-hybridized carbons (Fsp3) is 0. The highest BCUT2D eigenvalue weighted by molar-refractivity contribution is 7.75. The molecule has 2 aromatic rings. The minimum absolute atomic E-state index is 0.0230. The lowest BCUT2D eigenvalue weighted by molar-refractivity contribution is 0.102. The molecule has 0 aliphatic heterocycles. The van der Waals surface area contributed by atoms with Crippen molar-refractivity contribution in [2.24, 2.45) is 0 Å². The number of anilines is 1. The Bertz CT molecular complexity index is 655. The van der Waals surface area contributed by atoms with Crippen molar-refractivity contribution in [3.05, 3.63) is 36.0 Å². The molecular formula is C10H8N2O4S2. The summed E-state index contributed by atoms with van der Waals surface area (Å²) in [7, 11) is -2.69. The van der Waals surface area contributed by atoms with E-state index in [1.807, 2.05) is 0 Å². The van der Waals surface area contributed by atoms with Crippen molar-refractivity contribution in [1.29, 1.82) is 0 Å². The van der Waals surface area contributed by atoms with E-state index in [1.165, 1.54) is 30.5 Å². The summed E-state index contributed by atoms with van der Waals surface area (Å²) in [4.78, 5) is 15.5. The minimum Gasteiger partial charge on any atom is -0.508 e. The van der Waals surface area contributed by atoms with Gasteiger partial charge in [-0.05, 0) is 18.2 Å². The lowest BCUT2D eigenvalue weighted by atomic mass is 10.2. The molecule has 94 valence electrons. The van der Waals surface area contributed by atoms with Crippen LogP contribution in [-0.4, -0.2) is 24.4 Å². The molecule has 0 unspecified atom stereocenters. The molecule has 1 aromatic heterocycles. The second-order valence-electron chi connectivity index (χ2n) is 3.27. The summed E-state index contributed by atoms with van der Waals surface area (Å²) < 4.78 is 21.4. The van der Waals surface area contributed by atoms with Crippen LogP contribution >= 0.6 is 11.3 Å². The third-order valence-electron chi connectivity index (χ3n) is 2.00. The molecule has 1 heterocycles. The molecule has 0 spiro atoms. The highest BCUT2D eigenvalue weighted by Crippen LogP contribution is 2.20. The van der Waals surface area contributed by atoms with E-state index in [0.717, 1.165) is 11.3 Å². The molecule has 1 aromatic carbocycles. The quantitative estimate of drug-likeness (QED) is 0.733. The molecule has 2 rings (SSSR count). The number of amides is 1. The fourth-order valence-electron chi connectivity index (χ4n) is 1.22. The van der Waals surface area contributed by atoms with Crippen molar-refractivity contribution in [3.63, 3.8) is 0 Å². The van der Waals surface area contributed by atoms with Crippen LogP contribution in [0.4, 0.5) is 5.13 Å². The first-order valence-corrected chi connectivity index (χ1v) is 6.76. The highest BCUT2D eigenvalue weighted by Gasteiger charge is 2.10. The molecule has 2 N–H and O–H groups in total. The lowest BCUT2D eigenvalue weighted by Crippen LogP contribution is -2.11. The van der Waals surface area contributed by atoms with Gasteiger partial charge in [0.2, 0.25) is 0 Å². The van der Waals surface area contributed by atoms with Crippen molar-refractivity contribution in [3.8, 4) is 5.75 Å². The number of rotatable bonds is 3. The molecule has 0 radical (unpaired) electrons. The second-order valence-corrected chi connectivity index (χ2v) is 5.59. The number of hydrogen-bond acceptors (Lipinski definition) is 6. The molecule has 0 atom stereocenters. The Morgan fingerprint density at radius 3 is 2.78 bits per heavy atom. The number of thiol groups is 1. The Balaban J connectivity index is 2.16. The van der Waals surface area contributed by atoms with Gasteiger partial charge in [-0.3, -0.25) is 10.1 Å². The smallest absolute Gasteiger partial charge is 0.257 e. The third-order valence-corrected chi connectivity index (χ3v) is 3.91. The van der Waals surface area contributed by atoms with Crippen LogP contribution in [0.1, 0.15) is 10.4 Å². The zero-order chi connectivity index (χ0) is 13.1. The Labute approximate surface area is 108 Å². The Hall–Kier alpha value is -1.93. The lowest BCUT2D eigenvalue weighted by Gasteiger charge is -2.01. The van der Waals surface area contributed by atoms with Crippen LogP contribution in [-0.2, 0) is 10.7 Å². The predicted molar refractivity (Wildman–Crippen MR) is 66.8 cm³/mol. The maximum atomic E-state index is 11.7. The van der Waals surface area contributed by atoms with E-state index in [4.69, 9.17) is 0 Å². The van der Waals surface area contributed by atoms with Crippen LogP contribution in [0.3, 0.4) is 0 Å². The number of phenols is 1. The van der Waals surface area contributed by atoms with E-state index < -0.39 is 16.6 Å². The average molecular weight is 284 g/mol. The number of nitrogens with zero attached hydrogens (tertiary/aromatic N) is 1. The second kappa shape index (κ2) is 5.15. The van der Waals surface area contributed by atoms with Gasteiger partial charge in [-0.25, -0.2) is 13.4 Å². The van der Waals surface area contributed by atoms with Gasteiger partial charge in [-0.15, -0.1) is 0 Å². The van der Waals surface area contributed by atoms with Crippen LogP contribution < -0.4 is 5.32 Å². The number of phenolic OH excluding ortho intramolecular Hbond substituents is 1. The molecule has 18 heavy (non-hydrogen) atoms. The van der Waals surface area contributed by atoms with E-state index in [1.54, 1.807) is 0 Å². The summed E-state index contributed by atoms with van der Waals surface area (Å²) >= 11 is 0.866. The molecular weight excluding hydrogens is 276 g/mol. The van der Waals surface area contributed by atoms with E-state index in [-0.39, 0.29) is 20.7 Å². The summed E-state index contributed by atoms with van der Waals surface area (Å²) in [6.07, 6.45) is 1.18. The number of carbonyl (C=O) groups is 1. The molecule has 6 nitrogen and oxygen atoms in total. The van der Waals surface area contributed by atoms with Crippen LogP contribution in [0, 0.1) is 0 Å². The summed E-state index contributed by atoms with van der Waals surface area (Å²) in [6.45, 7) is 0. The summed E-state index contributed by atoms with van der Waals surface area (Å²) in [5.41, 5.74) is 0.262. The van der Waals surface area contributed by atoms with Crippen molar-refractivity contribution < 1.29 is 18.3 Å². The SMILES string of the molecule is O=C(Nc1ncc([SH](=O)=O)s1)c1cccc(O)c1. The normalized spacial score (nSPS) is 10.5. The van der Waals surface area contributed by atoms with Gasteiger partial charge in [0.25, 0.3) is 5.91 Å². The van der Waals surface area contributed by atoms with Crippen LogP contribution in [0.25, 0.3) is 0 Å². The maximum Gasteiger partial charge on any atom is 0.257 e. The Morgan fingerprint density at radius 2 is 2.17 bits per heavy atom. The van der Waals surface area contributed by atoms with Gasteiger partial charge in [0.1, 0.15) is 9.96 Å². The van der Waals surface area contributed by atoms with Gasteiger partial charge in [0.05, 0.1) is 6.20 Å². The van der Waals surface area contributed by atoms with E-state index >= 15 is 0 Å². The van der Waals surface area contributed by atoms with Gasteiger partial charge in [-0.1, -0.05) is 17.4 Å². The molecule has 0 aliphatic carbocycles. The van der Waals surface area contributed by atoms with Crippen LogP contribution in [0.5, 0.6) is 5.75 Å². The zero-order valence-electron chi connectivity index (χ0n) is 8.86. The molecule has 0 saturated heterocycles. The Morgan fingerprint density at radius 1 is 1.39 bits per heavy atom. The largest absolute Gasteiger partial charge is 0.508 e. The number of nitrogens with one attached hydrogen (secondary N) is 1. The fourth-order valence-corrected chi connectivity index (χ4v) is 2.49. The highest BCUT2D eigenvalue weighted by atomic mass is 32.2. The van der Waals surface area contributed by atoms with Gasteiger partial charge in [0.15, 0.2) is 15.8 Å². The first kappa shape index (κ1) is 12.5. The zero-order valence-corrected chi connectivity index (χ0v) is 10.6. The van der Waals surface area contributed by atoms with Gasteiger partial charge >= 0.3 is 0 Å².